The van der Waals surface area contributed by atoms with Crippen LogP contribution in [0.3, 0.4) is 0 Å². The van der Waals surface area contributed by atoms with Gasteiger partial charge in [-0.25, -0.2) is 9.97 Å². The van der Waals surface area contributed by atoms with Gasteiger partial charge in [0, 0.05) is 89.0 Å². The Balaban J connectivity index is 0.670. The molecule has 2 N–H and O–H groups in total. The van der Waals surface area contributed by atoms with Crippen LogP contribution in [0.1, 0.15) is 66.2 Å². The minimum absolute atomic E-state index is 0.0431. The van der Waals surface area contributed by atoms with Crippen LogP contribution in [0.2, 0.25) is 0 Å². The van der Waals surface area contributed by atoms with E-state index >= 15 is 0 Å². The number of nitrogens with one attached hydrogen (secondary N) is 2. The van der Waals surface area contributed by atoms with Gasteiger partial charge in [0.1, 0.15) is 35.2 Å². The number of imide groups is 2. The standard InChI is InChI=1S/C42H48N10O5/c1-42(10-11-42)57-29-3-5-33-32(19-29)38(47-46-33)34-20-36(44-25-43-34)51-12-8-26(9-13-51)21-49-23-27(24-49)22-48-14-16-50(17-15-48)28-2-4-30-31(18-28)41(56)52(40(30)55)35-6-7-37(53)45-39(35)54/h2-5,18-20,25-27,35H,6-17,21-24H2,1H3,(H,46,47)(H,45,53,54). The topological polar surface area (TPSA) is 160 Å². The lowest BCUT2D eigenvalue weighted by atomic mass is 9.92. The number of H-pyrrole nitrogens is 1. The quantitative estimate of drug-likeness (QED) is 0.227. The molecule has 1 saturated carbocycles. The number of benzene rings is 2. The number of likely N-dealkylation sites (tertiary alicyclic amines) is 1. The molecule has 4 aromatic rings. The number of aromatic nitrogens is 4. The highest BCUT2D eigenvalue weighted by Crippen LogP contribution is 2.41. The van der Waals surface area contributed by atoms with E-state index in [1.165, 1.54) is 0 Å². The van der Waals surface area contributed by atoms with Crippen LogP contribution in [-0.4, -0.2) is 136 Å². The highest BCUT2D eigenvalue weighted by Gasteiger charge is 2.45. The lowest BCUT2D eigenvalue weighted by molar-refractivity contribution is -0.136. The first-order valence-corrected chi connectivity index (χ1v) is 20.5. The normalized spacial score (nSPS) is 23.2. The Morgan fingerprint density at radius 3 is 2.33 bits per heavy atom. The summed E-state index contributed by atoms with van der Waals surface area (Å²) < 4.78 is 6.22. The van der Waals surface area contributed by atoms with Crippen molar-refractivity contribution < 1.29 is 23.9 Å². The number of piperazine rings is 1. The Bertz CT molecular complexity index is 2250. The zero-order chi connectivity index (χ0) is 38.8. The summed E-state index contributed by atoms with van der Waals surface area (Å²) in [4.78, 5) is 70.6. The highest BCUT2D eigenvalue weighted by molar-refractivity contribution is 6.23. The second-order valence-corrected chi connectivity index (χ2v) is 17.1. The van der Waals surface area contributed by atoms with Gasteiger partial charge in [0.15, 0.2) is 0 Å². The van der Waals surface area contributed by atoms with Crippen molar-refractivity contribution >= 4 is 46.0 Å². The number of amides is 4. The third kappa shape index (κ3) is 7.00. The van der Waals surface area contributed by atoms with E-state index in [1.54, 1.807) is 18.5 Å². The molecule has 6 aliphatic rings. The molecule has 296 valence electrons. The molecule has 1 atom stereocenters. The van der Waals surface area contributed by atoms with Crippen LogP contribution in [-0.2, 0) is 9.59 Å². The minimum Gasteiger partial charge on any atom is -0.488 e. The van der Waals surface area contributed by atoms with Gasteiger partial charge in [-0.3, -0.25) is 39.4 Å². The highest BCUT2D eigenvalue weighted by atomic mass is 16.5. The molecule has 0 bridgehead atoms. The molecule has 5 fully saturated rings. The molecule has 0 radical (unpaired) electrons. The second kappa shape index (κ2) is 14.2. The summed E-state index contributed by atoms with van der Waals surface area (Å²) in [5.41, 5.74) is 4.11. The number of nitrogens with zero attached hydrogens (tertiary/aromatic N) is 8. The predicted octanol–water partition coefficient (Wildman–Crippen LogP) is 3.32. The largest absolute Gasteiger partial charge is 0.488 e. The van der Waals surface area contributed by atoms with Crippen LogP contribution in [0.25, 0.3) is 22.3 Å². The van der Waals surface area contributed by atoms with Crippen LogP contribution in [0, 0.1) is 11.8 Å². The molecular weight excluding hydrogens is 725 g/mol. The number of aromatic amines is 1. The summed E-state index contributed by atoms with van der Waals surface area (Å²) in [7, 11) is 0. The fraction of sp³-hybridized carbons (Fsp3) is 0.500. The molecule has 4 amide bonds. The van der Waals surface area contributed by atoms with Gasteiger partial charge >= 0.3 is 0 Å². The minimum atomic E-state index is -0.955. The van der Waals surface area contributed by atoms with Gasteiger partial charge in [-0.15, -0.1) is 0 Å². The summed E-state index contributed by atoms with van der Waals surface area (Å²) >= 11 is 0. The Kier molecular flexibility index (Phi) is 8.96. The van der Waals surface area contributed by atoms with Gasteiger partial charge < -0.3 is 19.4 Å². The number of piperidine rings is 2. The summed E-state index contributed by atoms with van der Waals surface area (Å²) in [6, 6.07) is 12.6. The van der Waals surface area contributed by atoms with Crippen molar-refractivity contribution in [3.8, 4) is 17.1 Å². The first-order chi connectivity index (χ1) is 27.7. The fourth-order valence-corrected chi connectivity index (χ4v) is 9.32. The van der Waals surface area contributed by atoms with E-state index in [0.717, 1.165) is 136 Å². The fourth-order valence-electron chi connectivity index (χ4n) is 9.32. The lowest BCUT2D eigenvalue weighted by Crippen LogP contribution is -2.56. The Morgan fingerprint density at radius 1 is 0.789 bits per heavy atom. The molecule has 15 nitrogen and oxygen atoms in total. The molecule has 4 saturated heterocycles. The number of carbonyl (C=O) groups excluding carboxylic acids is 4. The number of rotatable bonds is 10. The third-order valence-corrected chi connectivity index (χ3v) is 12.9. The van der Waals surface area contributed by atoms with Crippen LogP contribution >= 0.6 is 0 Å². The van der Waals surface area contributed by atoms with E-state index < -0.39 is 23.8 Å². The average Bonchev–Trinajstić information content (AvgIpc) is 3.69. The van der Waals surface area contributed by atoms with Gasteiger partial charge in [-0.1, -0.05) is 0 Å². The maximum atomic E-state index is 13.3. The predicted molar refractivity (Wildman–Crippen MR) is 212 cm³/mol. The molecule has 1 unspecified atom stereocenters. The van der Waals surface area contributed by atoms with Crippen LogP contribution in [0.15, 0.2) is 48.8 Å². The van der Waals surface area contributed by atoms with E-state index in [9.17, 15) is 19.2 Å². The number of fused-ring (bicyclic) bond motifs is 2. The molecule has 1 aliphatic carbocycles. The summed E-state index contributed by atoms with van der Waals surface area (Å²) in [6.07, 6.45) is 6.37. The van der Waals surface area contributed by atoms with Gasteiger partial charge in [0.05, 0.1) is 22.3 Å². The van der Waals surface area contributed by atoms with Gasteiger partial charge in [-0.2, -0.15) is 5.10 Å². The summed E-state index contributed by atoms with van der Waals surface area (Å²) in [5.74, 6) is 1.27. The van der Waals surface area contributed by atoms with Crippen molar-refractivity contribution in [2.75, 3.05) is 75.2 Å². The van der Waals surface area contributed by atoms with E-state index in [1.807, 2.05) is 18.2 Å². The zero-order valence-electron chi connectivity index (χ0n) is 32.3. The van der Waals surface area contributed by atoms with Crippen molar-refractivity contribution in [3.05, 3.63) is 59.9 Å². The lowest BCUT2D eigenvalue weighted by Gasteiger charge is -2.46. The number of ether oxygens (including phenoxy) is 1. The van der Waals surface area contributed by atoms with Crippen molar-refractivity contribution in [2.45, 2.75) is 57.1 Å². The summed E-state index contributed by atoms with van der Waals surface area (Å²) in [6.45, 7) is 12.2. The van der Waals surface area contributed by atoms with Gasteiger partial charge in [0.25, 0.3) is 11.8 Å². The van der Waals surface area contributed by atoms with Gasteiger partial charge in [-0.05, 0) is 87.3 Å². The summed E-state index contributed by atoms with van der Waals surface area (Å²) in [5, 5.41) is 11.0. The molecule has 2 aromatic carbocycles. The second-order valence-electron chi connectivity index (χ2n) is 17.1. The van der Waals surface area contributed by atoms with Crippen molar-refractivity contribution in [1.29, 1.82) is 0 Å². The monoisotopic (exact) mass is 772 g/mol. The molecule has 15 heteroatoms. The first kappa shape index (κ1) is 36.0. The molecule has 57 heavy (non-hydrogen) atoms. The maximum Gasteiger partial charge on any atom is 0.262 e. The van der Waals surface area contributed by atoms with E-state index in [0.29, 0.717) is 23.0 Å². The van der Waals surface area contributed by atoms with Crippen LogP contribution in [0.5, 0.6) is 5.75 Å². The van der Waals surface area contributed by atoms with E-state index in [2.05, 4.69) is 64.1 Å². The first-order valence-electron chi connectivity index (χ1n) is 20.5. The maximum absolute atomic E-state index is 13.3. The van der Waals surface area contributed by atoms with Crippen molar-refractivity contribution in [2.24, 2.45) is 11.8 Å². The SMILES string of the molecule is CC1(Oc2ccc3[nH]nc(-c4cc(N5CCC(CN6CC(CN7CCN(c8ccc9c(c8)C(=O)N(C8CCC(=O)NC8=O)C9=O)CC7)C6)CC5)ncn4)c3c2)CC1. The molecule has 2 aromatic heterocycles. The van der Waals surface area contributed by atoms with Crippen molar-refractivity contribution in [3.63, 3.8) is 0 Å². The van der Waals surface area contributed by atoms with Crippen molar-refractivity contribution in [1.82, 2.24) is 40.2 Å². The number of hydrogen-bond acceptors (Lipinski definition) is 12. The van der Waals surface area contributed by atoms with Crippen LogP contribution < -0.4 is 19.9 Å². The number of carbonyl (C=O) groups is 4. The third-order valence-electron chi connectivity index (χ3n) is 12.9. The Hall–Kier alpha value is -5.41. The average molecular weight is 773 g/mol. The smallest absolute Gasteiger partial charge is 0.262 e. The molecular formula is C42H48N10O5. The Morgan fingerprint density at radius 2 is 1.56 bits per heavy atom. The van der Waals surface area contributed by atoms with Crippen LogP contribution in [0.4, 0.5) is 11.5 Å². The molecule has 5 aliphatic heterocycles. The zero-order valence-corrected chi connectivity index (χ0v) is 32.3. The molecule has 10 rings (SSSR count). The van der Waals surface area contributed by atoms with E-state index in [4.69, 9.17) is 4.74 Å². The molecule has 7 heterocycles. The number of hydrogen-bond donors (Lipinski definition) is 2. The number of anilines is 2. The Labute approximate surface area is 330 Å². The molecule has 0 spiro atoms. The van der Waals surface area contributed by atoms with E-state index in [-0.39, 0.29) is 24.3 Å². The van der Waals surface area contributed by atoms with Gasteiger partial charge in [0.2, 0.25) is 11.8 Å².